The Labute approximate surface area is 216 Å². The predicted octanol–water partition coefficient (Wildman–Crippen LogP) is 6.33. The summed E-state index contributed by atoms with van der Waals surface area (Å²) in [7, 11) is 0. The van der Waals surface area contributed by atoms with E-state index in [0.717, 1.165) is 23.9 Å². The number of allylic oxidation sites excluding steroid dienone is 3. The number of alkyl halides is 3. The van der Waals surface area contributed by atoms with Gasteiger partial charge < -0.3 is 20.1 Å². The largest absolute Gasteiger partial charge is 0.454 e. The summed E-state index contributed by atoms with van der Waals surface area (Å²) in [5.74, 6) is -0.501. The summed E-state index contributed by atoms with van der Waals surface area (Å²) in [6.45, 7) is 5.77. The minimum atomic E-state index is -4.61. The van der Waals surface area contributed by atoms with Gasteiger partial charge in [-0.05, 0) is 54.7 Å². The van der Waals surface area contributed by atoms with E-state index in [-0.39, 0.29) is 34.3 Å². The van der Waals surface area contributed by atoms with Crippen LogP contribution in [0.15, 0.2) is 58.9 Å². The van der Waals surface area contributed by atoms with Crippen molar-refractivity contribution in [2.75, 3.05) is 12.1 Å². The van der Waals surface area contributed by atoms with Crippen LogP contribution in [0.3, 0.4) is 0 Å². The SMILES string of the molecule is CC1=C(C(=O)Nc2cc(C(F)(F)F)ccc2Cl)C(c2ccc3c(c2)OCO3)C2=C(CC(C)(C)CC2=O)N1. The number of amides is 1. The average Bonchev–Trinajstić information content (AvgIpc) is 3.25. The van der Waals surface area contributed by atoms with Crippen LogP contribution < -0.4 is 20.1 Å². The Kier molecular flexibility index (Phi) is 6.02. The maximum atomic E-state index is 13.7. The molecule has 2 heterocycles. The molecule has 3 aliphatic rings. The molecule has 0 aromatic heterocycles. The lowest BCUT2D eigenvalue weighted by atomic mass is 9.68. The van der Waals surface area contributed by atoms with Crippen LogP contribution in [0.1, 0.15) is 50.7 Å². The van der Waals surface area contributed by atoms with Crippen LogP contribution in [0.25, 0.3) is 0 Å². The van der Waals surface area contributed by atoms with Crippen LogP contribution in [0.4, 0.5) is 18.9 Å². The van der Waals surface area contributed by atoms with Gasteiger partial charge in [0.15, 0.2) is 17.3 Å². The second-order valence-electron chi connectivity index (χ2n) is 10.2. The number of Topliss-reactive ketones (excluding diaryl/α,β-unsaturated/α-hetero) is 1. The van der Waals surface area contributed by atoms with Crippen molar-refractivity contribution in [1.82, 2.24) is 5.32 Å². The Morgan fingerprint density at radius 2 is 1.84 bits per heavy atom. The quantitative estimate of drug-likeness (QED) is 0.483. The minimum Gasteiger partial charge on any atom is -0.454 e. The molecule has 2 N–H and O–H groups in total. The number of dihydropyridines is 1. The lowest BCUT2D eigenvalue weighted by Crippen LogP contribution is -2.39. The van der Waals surface area contributed by atoms with E-state index >= 15 is 0 Å². The molecule has 0 bridgehead atoms. The molecule has 0 saturated heterocycles. The first-order valence-electron chi connectivity index (χ1n) is 11.7. The van der Waals surface area contributed by atoms with Gasteiger partial charge in [-0.15, -0.1) is 0 Å². The van der Waals surface area contributed by atoms with Gasteiger partial charge in [0.25, 0.3) is 5.91 Å². The number of halogens is 4. The van der Waals surface area contributed by atoms with Gasteiger partial charge in [0.2, 0.25) is 6.79 Å². The van der Waals surface area contributed by atoms with Crippen molar-refractivity contribution in [3.8, 4) is 11.5 Å². The van der Waals surface area contributed by atoms with Crippen LogP contribution in [0.2, 0.25) is 5.02 Å². The van der Waals surface area contributed by atoms with Crippen LogP contribution in [0, 0.1) is 5.41 Å². The summed E-state index contributed by atoms with van der Waals surface area (Å²) in [4.78, 5) is 27.1. The predicted molar refractivity (Wildman–Crippen MR) is 131 cm³/mol. The molecule has 0 radical (unpaired) electrons. The van der Waals surface area contributed by atoms with Crippen LogP contribution in [-0.2, 0) is 15.8 Å². The number of ketones is 1. The molecule has 1 aliphatic carbocycles. The number of anilines is 1. The van der Waals surface area contributed by atoms with Crippen molar-refractivity contribution in [3.63, 3.8) is 0 Å². The van der Waals surface area contributed by atoms with Crippen molar-refractivity contribution >= 4 is 29.0 Å². The highest BCUT2D eigenvalue weighted by atomic mass is 35.5. The fraction of sp³-hybridized carbons (Fsp3) is 0.333. The van der Waals surface area contributed by atoms with E-state index in [9.17, 15) is 22.8 Å². The summed E-state index contributed by atoms with van der Waals surface area (Å²) < 4.78 is 50.8. The second-order valence-corrected chi connectivity index (χ2v) is 10.6. The van der Waals surface area contributed by atoms with Crippen molar-refractivity contribution in [2.24, 2.45) is 5.41 Å². The highest BCUT2D eigenvalue weighted by Crippen LogP contribution is 2.48. The number of benzene rings is 2. The maximum absolute atomic E-state index is 13.7. The first-order chi connectivity index (χ1) is 17.3. The molecule has 2 aromatic carbocycles. The Morgan fingerprint density at radius 1 is 1.11 bits per heavy atom. The summed E-state index contributed by atoms with van der Waals surface area (Å²) in [5, 5.41) is 5.73. The van der Waals surface area contributed by atoms with Gasteiger partial charge in [-0.25, -0.2) is 0 Å². The Morgan fingerprint density at radius 3 is 2.57 bits per heavy atom. The standard InChI is InChI=1S/C27H24ClF3N2O4/c1-13-22(25(35)33-17-9-15(27(29,30)31)5-6-16(17)28)23(14-4-7-20-21(8-14)37-12-36-20)24-18(32-13)10-26(2,3)11-19(24)34/h4-9,23,32H,10-12H2,1-3H3,(H,33,35). The first kappa shape index (κ1) is 25.2. The molecule has 5 rings (SSSR count). The number of carbonyl (C=O) groups is 2. The van der Waals surface area contributed by atoms with Crippen molar-refractivity contribution in [2.45, 2.75) is 45.7 Å². The van der Waals surface area contributed by atoms with Crippen molar-refractivity contribution < 1.29 is 32.2 Å². The Hall–Kier alpha value is -3.46. The molecule has 2 aliphatic heterocycles. The second kappa shape index (κ2) is 8.83. The zero-order valence-corrected chi connectivity index (χ0v) is 21.1. The molecule has 0 spiro atoms. The van der Waals surface area contributed by atoms with Crippen molar-refractivity contribution in [1.29, 1.82) is 0 Å². The average molecular weight is 533 g/mol. The molecule has 1 amide bonds. The molecular formula is C27H24ClF3N2O4. The Balaban J connectivity index is 1.59. The summed E-state index contributed by atoms with van der Waals surface area (Å²) in [6.07, 6.45) is -3.72. The molecule has 0 fully saturated rings. The third kappa shape index (κ3) is 4.68. The summed E-state index contributed by atoms with van der Waals surface area (Å²) in [5.41, 5.74) is 1.13. The minimum absolute atomic E-state index is 0.0431. The summed E-state index contributed by atoms with van der Waals surface area (Å²) >= 11 is 6.14. The molecule has 10 heteroatoms. The van der Waals surface area contributed by atoms with E-state index < -0.39 is 23.6 Å². The number of carbonyl (C=O) groups excluding carboxylic acids is 2. The maximum Gasteiger partial charge on any atom is 0.416 e. The zero-order valence-electron chi connectivity index (χ0n) is 20.3. The number of ether oxygens (including phenoxy) is 2. The van der Waals surface area contributed by atoms with E-state index in [2.05, 4.69) is 10.6 Å². The monoisotopic (exact) mass is 532 g/mol. The number of rotatable bonds is 3. The van der Waals surface area contributed by atoms with E-state index in [4.69, 9.17) is 21.1 Å². The van der Waals surface area contributed by atoms with Crippen molar-refractivity contribution in [3.05, 3.63) is 75.1 Å². The Bertz CT molecular complexity index is 1390. The van der Waals surface area contributed by atoms with Crippen LogP contribution in [0.5, 0.6) is 11.5 Å². The number of hydrogen-bond acceptors (Lipinski definition) is 5. The third-order valence-electron chi connectivity index (χ3n) is 6.76. The van der Waals surface area contributed by atoms with E-state index in [0.29, 0.717) is 41.2 Å². The van der Waals surface area contributed by atoms with Gasteiger partial charge in [0.1, 0.15) is 0 Å². The topological polar surface area (TPSA) is 76.7 Å². The fourth-order valence-electron chi connectivity index (χ4n) is 5.15. The third-order valence-corrected chi connectivity index (χ3v) is 7.09. The van der Waals surface area contributed by atoms with Gasteiger partial charge in [-0.3, -0.25) is 9.59 Å². The molecule has 194 valence electrons. The molecule has 6 nitrogen and oxygen atoms in total. The lowest BCUT2D eigenvalue weighted by Gasteiger charge is -2.39. The lowest BCUT2D eigenvalue weighted by molar-refractivity contribution is -0.137. The number of hydrogen-bond donors (Lipinski definition) is 2. The number of nitrogens with one attached hydrogen (secondary N) is 2. The van der Waals surface area contributed by atoms with Gasteiger partial charge in [0, 0.05) is 34.9 Å². The normalized spacial score (nSPS) is 20.5. The molecule has 2 aromatic rings. The van der Waals surface area contributed by atoms with Gasteiger partial charge in [-0.1, -0.05) is 31.5 Å². The number of fused-ring (bicyclic) bond motifs is 1. The van der Waals surface area contributed by atoms with E-state index in [1.807, 2.05) is 13.8 Å². The first-order valence-corrected chi connectivity index (χ1v) is 12.0. The van der Waals surface area contributed by atoms with Gasteiger partial charge in [0.05, 0.1) is 16.3 Å². The molecule has 0 saturated carbocycles. The van der Waals surface area contributed by atoms with Gasteiger partial charge >= 0.3 is 6.18 Å². The zero-order chi connectivity index (χ0) is 26.7. The van der Waals surface area contributed by atoms with Crippen LogP contribution in [-0.4, -0.2) is 18.5 Å². The molecule has 37 heavy (non-hydrogen) atoms. The van der Waals surface area contributed by atoms with E-state index in [1.54, 1.807) is 25.1 Å². The molecule has 1 atom stereocenters. The van der Waals surface area contributed by atoms with Gasteiger partial charge in [-0.2, -0.15) is 13.2 Å². The smallest absolute Gasteiger partial charge is 0.416 e. The summed E-state index contributed by atoms with van der Waals surface area (Å²) in [6, 6.07) is 7.93. The highest BCUT2D eigenvalue weighted by Gasteiger charge is 2.43. The fourth-order valence-corrected chi connectivity index (χ4v) is 5.31. The van der Waals surface area contributed by atoms with Crippen LogP contribution >= 0.6 is 11.6 Å². The molecular weight excluding hydrogens is 509 g/mol. The van der Waals surface area contributed by atoms with E-state index in [1.165, 1.54) is 0 Å². The highest BCUT2D eigenvalue weighted by molar-refractivity contribution is 6.34. The molecule has 1 unspecified atom stereocenters.